The Labute approximate surface area is 280 Å². The SMILES string of the molecule is C=CC(=O)Oc1ccc(N(c2ccc(-c3ccc(N(c4ccccc4)c4ccccc4)cc3)cc2)c2cccc(OC(=O)C=C)c2)cc1. The second-order valence-electron chi connectivity index (χ2n) is 10.7. The molecule has 0 atom stereocenters. The Bertz CT molecular complexity index is 1980. The van der Waals surface area contributed by atoms with E-state index in [0.717, 1.165) is 57.4 Å². The van der Waals surface area contributed by atoms with Gasteiger partial charge in [0, 0.05) is 52.3 Å². The lowest BCUT2D eigenvalue weighted by Crippen LogP contribution is -2.11. The van der Waals surface area contributed by atoms with Gasteiger partial charge in [-0.25, -0.2) is 9.59 Å². The summed E-state index contributed by atoms with van der Waals surface area (Å²) in [6.45, 7) is 6.94. The predicted octanol–water partition coefficient (Wildman–Crippen LogP) is 10.5. The van der Waals surface area contributed by atoms with Crippen LogP contribution in [0.3, 0.4) is 0 Å². The van der Waals surface area contributed by atoms with E-state index in [1.807, 2.05) is 77.7 Å². The maximum absolute atomic E-state index is 11.9. The van der Waals surface area contributed by atoms with Gasteiger partial charge in [-0.05, 0) is 96.1 Å². The average Bonchev–Trinajstić information content (AvgIpc) is 3.14. The van der Waals surface area contributed by atoms with Crippen molar-refractivity contribution in [2.24, 2.45) is 0 Å². The number of ether oxygens (including phenoxy) is 2. The Hall–Kier alpha value is -6.66. The third-order valence-corrected chi connectivity index (χ3v) is 7.55. The Balaban J connectivity index is 1.32. The molecule has 0 heterocycles. The van der Waals surface area contributed by atoms with Crippen LogP contribution < -0.4 is 19.3 Å². The maximum Gasteiger partial charge on any atom is 0.335 e. The van der Waals surface area contributed by atoms with Crippen LogP contribution >= 0.6 is 0 Å². The van der Waals surface area contributed by atoms with E-state index in [2.05, 4.69) is 78.7 Å². The van der Waals surface area contributed by atoms with Gasteiger partial charge in [0.05, 0.1) is 0 Å². The summed E-state index contributed by atoms with van der Waals surface area (Å²) in [5.74, 6) is -0.296. The predicted molar refractivity (Wildman–Crippen MR) is 193 cm³/mol. The summed E-state index contributed by atoms with van der Waals surface area (Å²) in [5.41, 5.74) is 7.78. The highest BCUT2D eigenvalue weighted by molar-refractivity contribution is 5.85. The van der Waals surface area contributed by atoms with Crippen LogP contribution in [0.5, 0.6) is 11.5 Å². The molecule has 0 unspecified atom stereocenters. The molecule has 234 valence electrons. The zero-order valence-corrected chi connectivity index (χ0v) is 26.1. The van der Waals surface area contributed by atoms with E-state index in [-0.39, 0.29) is 0 Å². The third-order valence-electron chi connectivity index (χ3n) is 7.55. The van der Waals surface area contributed by atoms with Gasteiger partial charge in [0.25, 0.3) is 0 Å². The van der Waals surface area contributed by atoms with Crippen molar-refractivity contribution in [2.75, 3.05) is 9.80 Å². The highest BCUT2D eigenvalue weighted by atomic mass is 16.5. The number of carbonyl (C=O) groups excluding carboxylic acids is 2. The largest absolute Gasteiger partial charge is 0.423 e. The summed E-state index contributed by atoms with van der Waals surface area (Å²) in [6.07, 6.45) is 2.24. The molecular weight excluding hydrogens is 596 g/mol. The van der Waals surface area contributed by atoms with Crippen molar-refractivity contribution in [2.45, 2.75) is 0 Å². The van der Waals surface area contributed by atoms with Gasteiger partial charge in [-0.2, -0.15) is 0 Å². The number of para-hydroxylation sites is 2. The number of benzene rings is 6. The maximum atomic E-state index is 11.9. The number of esters is 2. The van der Waals surface area contributed by atoms with Crippen LogP contribution in [0.1, 0.15) is 0 Å². The van der Waals surface area contributed by atoms with Crippen LogP contribution in [0, 0.1) is 0 Å². The fourth-order valence-electron chi connectivity index (χ4n) is 5.32. The minimum Gasteiger partial charge on any atom is -0.423 e. The van der Waals surface area contributed by atoms with Crippen LogP contribution in [-0.2, 0) is 9.59 Å². The van der Waals surface area contributed by atoms with E-state index < -0.39 is 11.9 Å². The van der Waals surface area contributed by atoms with Crippen molar-refractivity contribution in [3.63, 3.8) is 0 Å². The van der Waals surface area contributed by atoms with Crippen molar-refractivity contribution in [1.29, 1.82) is 0 Å². The molecule has 0 N–H and O–H groups in total. The smallest absolute Gasteiger partial charge is 0.335 e. The van der Waals surface area contributed by atoms with E-state index in [4.69, 9.17) is 9.47 Å². The second kappa shape index (κ2) is 14.6. The quantitative estimate of drug-likeness (QED) is 0.0808. The van der Waals surface area contributed by atoms with Crippen molar-refractivity contribution >= 4 is 46.1 Å². The van der Waals surface area contributed by atoms with Gasteiger partial charge in [-0.3, -0.25) is 0 Å². The molecule has 6 aromatic carbocycles. The Morgan fingerprint density at radius 2 is 0.792 bits per heavy atom. The topological polar surface area (TPSA) is 59.1 Å². The van der Waals surface area contributed by atoms with Gasteiger partial charge in [0.1, 0.15) is 11.5 Å². The Morgan fingerprint density at radius 3 is 1.25 bits per heavy atom. The molecule has 0 fully saturated rings. The first-order valence-electron chi connectivity index (χ1n) is 15.3. The van der Waals surface area contributed by atoms with Crippen molar-refractivity contribution in [3.8, 4) is 22.6 Å². The van der Waals surface area contributed by atoms with E-state index in [0.29, 0.717) is 11.5 Å². The van der Waals surface area contributed by atoms with Gasteiger partial charge < -0.3 is 19.3 Å². The molecule has 0 aliphatic rings. The molecule has 0 saturated heterocycles. The molecule has 0 aromatic heterocycles. The number of anilines is 6. The monoisotopic (exact) mass is 628 g/mol. The summed E-state index contributed by atoms with van der Waals surface area (Å²) in [5, 5.41) is 0. The van der Waals surface area contributed by atoms with Gasteiger partial charge in [0.2, 0.25) is 0 Å². The van der Waals surface area contributed by atoms with Crippen LogP contribution in [0.15, 0.2) is 183 Å². The molecule has 6 heteroatoms. The van der Waals surface area contributed by atoms with Gasteiger partial charge in [0.15, 0.2) is 0 Å². The molecule has 0 radical (unpaired) electrons. The van der Waals surface area contributed by atoms with Gasteiger partial charge in [-0.15, -0.1) is 0 Å². The first kappa shape index (κ1) is 31.3. The van der Waals surface area contributed by atoms with E-state index in [1.54, 1.807) is 24.3 Å². The lowest BCUT2D eigenvalue weighted by Gasteiger charge is -2.26. The highest BCUT2D eigenvalue weighted by Crippen LogP contribution is 2.39. The minimum absolute atomic E-state index is 0.385. The molecule has 6 rings (SSSR count). The summed E-state index contributed by atoms with van der Waals surface area (Å²) in [6, 6.07) is 51.7. The number of carbonyl (C=O) groups is 2. The number of hydrogen-bond donors (Lipinski definition) is 0. The molecule has 0 aliphatic carbocycles. The number of nitrogens with zero attached hydrogens (tertiary/aromatic N) is 2. The normalized spacial score (nSPS) is 10.4. The third kappa shape index (κ3) is 7.25. The van der Waals surface area contributed by atoms with Crippen LogP contribution in [-0.4, -0.2) is 11.9 Å². The average molecular weight is 629 g/mol. The van der Waals surface area contributed by atoms with Crippen LogP contribution in [0.4, 0.5) is 34.1 Å². The second-order valence-corrected chi connectivity index (χ2v) is 10.7. The van der Waals surface area contributed by atoms with Gasteiger partial charge >= 0.3 is 11.9 Å². The molecule has 0 amide bonds. The standard InChI is InChI=1S/C42H32N2O4/c1-3-41(45)47-39-28-26-37(27-29-39)44(38-16-11-17-40(30-38)48-42(46)4-2)36-24-20-32(21-25-36)31-18-22-35(23-19-31)43(33-12-7-5-8-13-33)34-14-9-6-10-15-34/h3-30H,1-2H2. The van der Waals surface area contributed by atoms with E-state index in [1.165, 1.54) is 0 Å². The van der Waals surface area contributed by atoms with Crippen LogP contribution in [0.2, 0.25) is 0 Å². The number of hydrogen-bond acceptors (Lipinski definition) is 6. The molecule has 48 heavy (non-hydrogen) atoms. The molecule has 0 bridgehead atoms. The fraction of sp³-hybridized carbons (Fsp3) is 0. The first-order valence-corrected chi connectivity index (χ1v) is 15.3. The van der Waals surface area contributed by atoms with Crippen LogP contribution in [0.25, 0.3) is 11.1 Å². The van der Waals surface area contributed by atoms with Crippen molar-refractivity contribution in [1.82, 2.24) is 0 Å². The Kier molecular flexibility index (Phi) is 9.54. The summed E-state index contributed by atoms with van der Waals surface area (Å²) in [4.78, 5) is 27.9. The van der Waals surface area contributed by atoms with E-state index >= 15 is 0 Å². The zero-order valence-electron chi connectivity index (χ0n) is 26.1. The molecule has 6 aromatic rings. The van der Waals surface area contributed by atoms with E-state index in [9.17, 15) is 9.59 Å². The van der Waals surface area contributed by atoms with Crippen molar-refractivity contribution < 1.29 is 19.1 Å². The molecule has 6 nitrogen and oxygen atoms in total. The number of rotatable bonds is 11. The summed E-state index contributed by atoms with van der Waals surface area (Å²) >= 11 is 0. The lowest BCUT2D eigenvalue weighted by atomic mass is 10.0. The van der Waals surface area contributed by atoms with Gasteiger partial charge in [-0.1, -0.05) is 79.9 Å². The lowest BCUT2D eigenvalue weighted by molar-refractivity contribution is -0.129. The Morgan fingerprint density at radius 1 is 0.417 bits per heavy atom. The molecular formula is C42H32N2O4. The molecule has 0 aliphatic heterocycles. The van der Waals surface area contributed by atoms with Crippen molar-refractivity contribution in [3.05, 3.63) is 183 Å². The highest BCUT2D eigenvalue weighted by Gasteiger charge is 2.16. The minimum atomic E-state index is -0.543. The fourth-order valence-corrected chi connectivity index (χ4v) is 5.32. The summed E-state index contributed by atoms with van der Waals surface area (Å²) < 4.78 is 10.7. The summed E-state index contributed by atoms with van der Waals surface area (Å²) in [7, 11) is 0. The first-order chi connectivity index (χ1) is 23.5. The molecule has 0 saturated carbocycles. The molecule has 0 spiro atoms. The zero-order chi connectivity index (χ0) is 33.3.